The van der Waals surface area contributed by atoms with Crippen LogP contribution in [0.5, 0.6) is 0 Å². The Labute approximate surface area is 228 Å². The van der Waals surface area contributed by atoms with Crippen LogP contribution in [0.25, 0.3) is 5.57 Å². The number of hydrogen-bond donors (Lipinski definition) is 1. The highest BCUT2D eigenvalue weighted by molar-refractivity contribution is 7.15. The zero-order valence-corrected chi connectivity index (χ0v) is 23.5. The van der Waals surface area contributed by atoms with E-state index >= 15 is 0 Å². The fourth-order valence-corrected chi connectivity index (χ4v) is 8.03. The van der Waals surface area contributed by atoms with Crippen LogP contribution in [-0.2, 0) is 9.59 Å². The van der Waals surface area contributed by atoms with Crippen LogP contribution in [0, 0.1) is 11.8 Å². The number of aromatic carboxylic acids is 1. The molecule has 3 fully saturated rings. The topological polar surface area (TPSA) is 98.2 Å². The summed E-state index contributed by atoms with van der Waals surface area (Å²) in [6.07, 6.45) is 12.0. The Morgan fingerprint density at radius 2 is 1.74 bits per heavy atom. The summed E-state index contributed by atoms with van der Waals surface area (Å²) < 4.78 is 0. The second-order valence-electron chi connectivity index (χ2n) is 11.7. The van der Waals surface area contributed by atoms with Crippen LogP contribution in [0.3, 0.4) is 0 Å². The third-order valence-electron chi connectivity index (χ3n) is 9.44. The second-order valence-corrected chi connectivity index (χ2v) is 12.8. The van der Waals surface area contributed by atoms with E-state index in [2.05, 4.69) is 13.0 Å². The highest BCUT2D eigenvalue weighted by Crippen LogP contribution is 2.45. The lowest BCUT2D eigenvalue weighted by molar-refractivity contribution is -0.133. The normalized spacial score (nSPS) is 30.1. The number of allylic oxidation sites excluding steroid dienone is 2. The van der Waals surface area contributed by atoms with Crippen molar-refractivity contribution in [1.29, 1.82) is 0 Å². The van der Waals surface area contributed by atoms with Crippen LogP contribution in [0.2, 0.25) is 0 Å². The highest BCUT2D eigenvalue weighted by Gasteiger charge is 2.56. The number of hydrogen-bond acceptors (Lipinski definition) is 5. The van der Waals surface area contributed by atoms with Gasteiger partial charge in [0, 0.05) is 30.9 Å². The van der Waals surface area contributed by atoms with Crippen molar-refractivity contribution in [2.45, 2.75) is 95.6 Å². The van der Waals surface area contributed by atoms with Gasteiger partial charge in [-0.05, 0) is 94.6 Å². The van der Waals surface area contributed by atoms with E-state index in [-0.39, 0.29) is 34.7 Å². The molecule has 0 bridgehead atoms. The smallest absolute Gasteiger partial charge is 0.348 e. The zero-order valence-electron chi connectivity index (χ0n) is 22.7. The molecule has 1 saturated heterocycles. The molecule has 0 aromatic carbocycles. The number of carbonyl (C=O) groups is 4. The van der Waals surface area contributed by atoms with E-state index in [1.807, 2.05) is 6.07 Å². The molecule has 2 saturated carbocycles. The zero-order chi connectivity index (χ0) is 27.2. The molecule has 9 heteroatoms. The average molecular weight is 542 g/mol. The van der Waals surface area contributed by atoms with E-state index in [1.165, 1.54) is 28.9 Å². The molecule has 206 valence electrons. The Bertz CT molecular complexity index is 1160. The van der Waals surface area contributed by atoms with Gasteiger partial charge in [0.2, 0.25) is 5.91 Å². The summed E-state index contributed by atoms with van der Waals surface area (Å²) in [7, 11) is 3.20. The number of nitrogens with zero attached hydrogens (tertiary/aromatic N) is 3. The number of rotatable bonds is 5. The van der Waals surface area contributed by atoms with Crippen LogP contribution < -0.4 is 4.90 Å². The minimum Gasteiger partial charge on any atom is -0.477 e. The van der Waals surface area contributed by atoms with Gasteiger partial charge in [-0.15, -0.1) is 11.3 Å². The molecule has 5 rings (SSSR count). The van der Waals surface area contributed by atoms with Crippen molar-refractivity contribution in [2.75, 3.05) is 19.0 Å². The van der Waals surface area contributed by atoms with Crippen molar-refractivity contribution in [2.24, 2.45) is 11.8 Å². The fraction of sp³-hybridized carbons (Fsp3) is 0.655. The van der Waals surface area contributed by atoms with E-state index in [1.54, 1.807) is 16.8 Å². The van der Waals surface area contributed by atoms with E-state index in [0.717, 1.165) is 56.2 Å². The maximum atomic E-state index is 14.2. The minimum atomic E-state index is -1.01. The van der Waals surface area contributed by atoms with Crippen LogP contribution in [0.15, 0.2) is 12.1 Å². The minimum absolute atomic E-state index is 0.0154. The molecule has 38 heavy (non-hydrogen) atoms. The molecular weight excluding hydrogens is 502 g/mol. The number of anilines is 1. The van der Waals surface area contributed by atoms with Gasteiger partial charge in [-0.3, -0.25) is 14.5 Å². The molecule has 1 aromatic rings. The Kier molecular flexibility index (Phi) is 7.42. The number of amides is 4. The maximum absolute atomic E-state index is 14.2. The van der Waals surface area contributed by atoms with Crippen molar-refractivity contribution in [3.8, 4) is 0 Å². The van der Waals surface area contributed by atoms with Gasteiger partial charge < -0.3 is 14.9 Å². The van der Waals surface area contributed by atoms with E-state index < -0.39 is 11.5 Å². The quantitative estimate of drug-likeness (QED) is 0.478. The molecule has 0 unspecified atom stereocenters. The molecule has 1 N–H and O–H groups in total. The number of carboxylic acid groups (broad SMARTS) is 1. The third kappa shape index (κ3) is 4.56. The maximum Gasteiger partial charge on any atom is 0.348 e. The molecule has 1 spiro atoms. The first-order chi connectivity index (χ1) is 18.1. The van der Waals surface area contributed by atoms with Gasteiger partial charge in [-0.25, -0.2) is 9.59 Å². The molecule has 3 aliphatic carbocycles. The van der Waals surface area contributed by atoms with Gasteiger partial charge in [0.1, 0.15) is 10.4 Å². The third-order valence-corrected chi connectivity index (χ3v) is 10.6. The number of thiophene rings is 1. The first-order valence-electron chi connectivity index (χ1n) is 14.1. The molecule has 4 amide bonds. The number of imide groups is 1. The Morgan fingerprint density at radius 1 is 1.05 bits per heavy atom. The summed E-state index contributed by atoms with van der Waals surface area (Å²) in [6.45, 7) is 2.22. The summed E-state index contributed by atoms with van der Waals surface area (Å²) in [4.78, 5) is 58.0. The fourth-order valence-electron chi connectivity index (χ4n) is 6.97. The summed E-state index contributed by atoms with van der Waals surface area (Å²) in [5.41, 5.74) is 0.809. The van der Waals surface area contributed by atoms with Crippen LogP contribution in [0.1, 0.15) is 98.5 Å². The van der Waals surface area contributed by atoms with Gasteiger partial charge in [0.05, 0.1) is 5.69 Å². The van der Waals surface area contributed by atoms with E-state index in [0.29, 0.717) is 37.3 Å². The van der Waals surface area contributed by atoms with Crippen molar-refractivity contribution in [3.63, 3.8) is 0 Å². The van der Waals surface area contributed by atoms with Gasteiger partial charge in [-0.1, -0.05) is 13.0 Å². The van der Waals surface area contributed by atoms with Gasteiger partial charge >= 0.3 is 12.0 Å². The van der Waals surface area contributed by atoms with Crippen LogP contribution in [-0.4, -0.2) is 64.4 Å². The molecule has 0 radical (unpaired) electrons. The molecule has 1 aliphatic heterocycles. The highest BCUT2D eigenvalue weighted by atomic mass is 32.1. The second kappa shape index (κ2) is 10.5. The Morgan fingerprint density at radius 3 is 2.29 bits per heavy atom. The lowest BCUT2D eigenvalue weighted by Crippen LogP contribution is -2.55. The molecule has 4 aliphatic rings. The predicted octanol–water partition coefficient (Wildman–Crippen LogP) is 5.77. The van der Waals surface area contributed by atoms with Crippen LogP contribution in [0.4, 0.5) is 10.5 Å². The lowest BCUT2D eigenvalue weighted by atomic mass is 9.77. The average Bonchev–Trinajstić information content (AvgIpc) is 3.43. The number of likely N-dealkylation sites (N-methyl/N-ethyl adjacent to an activating group) is 2. The SMILES string of the molecule is CN1C(=O)N(C)C2(CCC(N(c3cc(C4=CCCCC4)sc3C(=O)O)C(=O)[C@H]3CC[C@H](C)CC3)CC2)C1=O. The molecule has 2 heterocycles. The summed E-state index contributed by atoms with van der Waals surface area (Å²) in [5.74, 6) is -0.698. The monoisotopic (exact) mass is 541 g/mol. The molecular formula is C29H39N3O5S. The lowest BCUT2D eigenvalue weighted by Gasteiger charge is -2.43. The number of carbonyl (C=O) groups excluding carboxylic acids is 3. The summed E-state index contributed by atoms with van der Waals surface area (Å²) >= 11 is 1.28. The Hall–Kier alpha value is -2.68. The summed E-state index contributed by atoms with van der Waals surface area (Å²) in [6, 6.07) is 1.42. The first-order valence-corrected chi connectivity index (χ1v) is 14.9. The van der Waals surface area contributed by atoms with E-state index in [9.17, 15) is 24.3 Å². The first kappa shape index (κ1) is 26.9. The number of urea groups is 1. The van der Waals surface area contributed by atoms with Crippen molar-refractivity contribution < 1.29 is 24.3 Å². The predicted molar refractivity (Wildman–Crippen MR) is 147 cm³/mol. The Balaban J connectivity index is 1.49. The molecule has 0 atom stereocenters. The number of carboxylic acids is 1. The standard InChI is InChI=1S/C29H39N3O5S/c1-18-9-11-20(12-10-18)25(33)32(21-13-15-29(16-14-21)27(36)30(2)28(37)31(29)3)22-17-23(38-24(22)26(34)35)19-7-5-4-6-8-19/h7,17-18,20-21H,4-6,8-16H2,1-3H3,(H,34,35)/t18-,20-,21?,29?. The van der Waals surface area contributed by atoms with Crippen LogP contribution >= 0.6 is 11.3 Å². The molecule has 8 nitrogen and oxygen atoms in total. The largest absolute Gasteiger partial charge is 0.477 e. The van der Waals surface area contributed by atoms with E-state index in [4.69, 9.17) is 0 Å². The van der Waals surface area contributed by atoms with Gasteiger partial charge in [0.25, 0.3) is 5.91 Å². The van der Waals surface area contributed by atoms with Crippen molar-refractivity contribution in [1.82, 2.24) is 9.80 Å². The van der Waals surface area contributed by atoms with Crippen molar-refractivity contribution >= 4 is 46.4 Å². The van der Waals surface area contributed by atoms with Gasteiger partial charge in [-0.2, -0.15) is 0 Å². The van der Waals surface area contributed by atoms with Crippen molar-refractivity contribution in [3.05, 3.63) is 21.9 Å². The van der Waals surface area contributed by atoms with Gasteiger partial charge in [0.15, 0.2) is 0 Å². The molecule has 1 aromatic heterocycles. The summed E-state index contributed by atoms with van der Waals surface area (Å²) in [5, 5.41) is 10.2.